The Balaban J connectivity index is 3.07. The molecule has 0 radical (unpaired) electrons. The van der Waals surface area contributed by atoms with Crippen molar-refractivity contribution < 1.29 is 19.7 Å². The van der Waals surface area contributed by atoms with Crippen LogP contribution in [0.25, 0.3) is 0 Å². The summed E-state index contributed by atoms with van der Waals surface area (Å²) in [5, 5.41) is 18.1. The number of aromatic hydroxyl groups is 1. The first-order chi connectivity index (χ1) is 6.52. The Bertz CT molecular complexity index is 349. The molecular formula is C9H11NO4. The van der Waals surface area contributed by atoms with Gasteiger partial charge in [0.15, 0.2) is 17.2 Å². The molecule has 0 saturated heterocycles. The number of aromatic carboxylic acids is 1. The molecule has 0 aromatic carbocycles. The summed E-state index contributed by atoms with van der Waals surface area (Å²) in [5.74, 6) is -1.59. The van der Waals surface area contributed by atoms with Crippen LogP contribution in [0.2, 0.25) is 0 Å². The fourth-order valence-corrected chi connectivity index (χ4v) is 0.942. The predicted molar refractivity (Wildman–Crippen MR) is 48.6 cm³/mol. The molecular weight excluding hydrogens is 186 g/mol. The van der Waals surface area contributed by atoms with Crippen molar-refractivity contribution >= 4 is 5.97 Å². The van der Waals surface area contributed by atoms with Crippen LogP contribution >= 0.6 is 0 Å². The Labute approximate surface area is 81.0 Å². The summed E-state index contributed by atoms with van der Waals surface area (Å²) in [6.45, 7) is 3.56. The Hall–Kier alpha value is -1.78. The van der Waals surface area contributed by atoms with Crippen LogP contribution in [0, 0.1) is 0 Å². The van der Waals surface area contributed by atoms with E-state index in [1.807, 2.05) is 0 Å². The van der Waals surface area contributed by atoms with E-state index in [-0.39, 0.29) is 11.9 Å². The quantitative estimate of drug-likeness (QED) is 0.762. The summed E-state index contributed by atoms with van der Waals surface area (Å²) in [7, 11) is 0. The number of carboxylic acids is 1. The molecule has 0 unspecified atom stereocenters. The van der Waals surface area contributed by atoms with E-state index >= 15 is 0 Å². The molecule has 1 rings (SSSR count). The van der Waals surface area contributed by atoms with Crippen molar-refractivity contribution in [3.05, 3.63) is 18.0 Å². The van der Waals surface area contributed by atoms with E-state index in [1.165, 1.54) is 12.3 Å². The van der Waals surface area contributed by atoms with Crippen molar-refractivity contribution in [3.63, 3.8) is 0 Å². The van der Waals surface area contributed by atoms with Crippen LogP contribution in [-0.2, 0) is 0 Å². The second kappa shape index (κ2) is 3.95. The van der Waals surface area contributed by atoms with E-state index in [0.29, 0.717) is 0 Å². The molecule has 0 aliphatic rings. The second-order valence-corrected chi connectivity index (χ2v) is 2.98. The van der Waals surface area contributed by atoms with Crippen LogP contribution in [0.5, 0.6) is 11.5 Å². The van der Waals surface area contributed by atoms with Crippen molar-refractivity contribution in [3.8, 4) is 11.5 Å². The highest BCUT2D eigenvalue weighted by Crippen LogP contribution is 2.28. The average Bonchev–Trinajstić information content (AvgIpc) is 2.07. The van der Waals surface area contributed by atoms with Crippen molar-refractivity contribution in [2.75, 3.05) is 0 Å². The van der Waals surface area contributed by atoms with Crippen LogP contribution in [-0.4, -0.2) is 27.3 Å². The maximum absolute atomic E-state index is 10.6. The average molecular weight is 197 g/mol. The Morgan fingerprint density at radius 1 is 1.57 bits per heavy atom. The zero-order valence-electron chi connectivity index (χ0n) is 7.89. The number of carboxylic acid groups (broad SMARTS) is 1. The molecule has 1 heterocycles. The summed E-state index contributed by atoms with van der Waals surface area (Å²) in [6, 6.07) is 1.42. The summed E-state index contributed by atoms with van der Waals surface area (Å²) in [4.78, 5) is 14.1. The van der Waals surface area contributed by atoms with E-state index in [1.54, 1.807) is 13.8 Å². The predicted octanol–water partition coefficient (Wildman–Crippen LogP) is 1.27. The van der Waals surface area contributed by atoms with E-state index in [4.69, 9.17) is 9.84 Å². The molecule has 0 bridgehead atoms. The van der Waals surface area contributed by atoms with Crippen molar-refractivity contribution in [2.24, 2.45) is 0 Å². The Morgan fingerprint density at radius 2 is 2.21 bits per heavy atom. The van der Waals surface area contributed by atoms with E-state index in [0.717, 1.165) is 0 Å². The molecule has 76 valence electrons. The first-order valence-electron chi connectivity index (χ1n) is 4.10. The lowest BCUT2D eigenvalue weighted by molar-refractivity contribution is 0.0685. The summed E-state index contributed by atoms with van der Waals surface area (Å²) >= 11 is 0. The lowest BCUT2D eigenvalue weighted by atomic mass is 10.3. The fourth-order valence-electron chi connectivity index (χ4n) is 0.942. The van der Waals surface area contributed by atoms with E-state index < -0.39 is 17.4 Å². The minimum absolute atomic E-state index is 0.132. The SMILES string of the molecule is CC(C)Oc1ccnc(C(=O)O)c1O. The van der Waals surface area contributed by atoms with Gasteiger partial charge in [-0.25, -0.2) is 9.78 Å². The lowest BCUT2D eigenvalue weighted by Crippen LogP contribution is -2.08. The smallest absolute Gasteiger partial charge is 0.358 e. The minimum atomic E-state index is -1.28. The van der Waals surface area contributed by atoms with Gasteiger partial charge in [0.05, 0.1) is 6.10 Å². The molecule has 5 nitrogen and oxygen atoms in total. The van der Waals surface area contributed by atoms with Crippen molar-refractivity contribution in [1.29, 1.82) is 0 Å². The number of hydrogen-bond donors (Lipinski definition) is 2. The first kappa shape index (κ1) is 10.3. The highest BCUT2D eigenvalue weighted by molar-refractivity contribution is 5.89. The summed E-state index contributed by atoms with van der Waals surface area (Å²) < 4.78 is 5.18. The molecule has 0 aliphatic carbocycles. The van der Waals surface area contributed by atoms with Crippen LogP contribution in [0.15, 0.2) is 12.3 Å². The monoisotopic (exact) mass is 197 g/mol. The van der Waals surface area contributed by atoms with E-state index in [9.17, 15) is 9.90 Å². The number of hydrogen-bond acceptors (Lipinski definition) is 4. The van der Waals surface area contributed by atoms with Gasteiger partial charge < -0.3 is 14.9 Å². The van der Waals surface area contributed by atoms with Crippen LogP contribution in [0.3, 0.4) is 0 Å². The number of rotatable bonds is 3. The highest BCUT2D eigenvalue weighted by Gasteiger charge is 2.16. The number of pyridine rings is 1. The summed E-state index contributed by atoms with van der Waals surface area (Å²) in [5.41, 5.74) is -0.400. The maximum atomic E-state index is 10.6. The maximum Gasteiger partial charge on any atom is 0.358 e. The normalized spacial score (nSPS) is 10.2. The molecule has 0 spiro atoms. The van der Waals surface area contributed by atoms with Gasteiger partial charge in [0, 0.05) is 12.3 Å². The zero-order valence-corrected chi connectivity index (χ0v) is 7.89. The van der Waals surface area contributed by atoms with Crippen LogP contribution in [0.4, 0.5) is 0 Å². The molecule has 1 aromatic rings. The van der Waals surface area contributed by atoms with Gasteiger partial charge in [0.2, 0.25) is 0 Å². The molecule has 2 N–H and O–H groups in total. The van der Waals surface area contributed by atoms with Gasteiger partial charge in [-0.1, -0.05) is 0 Å². The van der Waals surface area contributed by atoms with Gasteiger partial charge in [-0.3, -0.25) is 0 Å². The molecule has 0 atom stereocenters. The molecule has 1 aromatic heterocycles. The van der Waals surface area contributed by atoms with Gasteiger partial charge in [0.25, 0.3) is 0 Å². The first-order valence-corrected chi connectivity index (χ1v) is 4.10. The fraction of sp³-hybridized carbons (Fsp3) is 0.333. The zero-order chi connectivity index (χ0) is 10.7. The van der Waals surface area contributed by atoms with Gasteiger partial charge in [-0.2, -0.15) is 0 Å². The molecule has 0 aliphatic heterocycles. The number of ether oxygens (including phenoxy) is 1. The third kappa shape index (κ3) is 2.12. The van der Waals surface area contributed by atoms with Crippen molar-refractivity contribution in [1.82, 2.24) is 4.98 Å². The second-order valence-electron chi connectivity index (χ2n) is 2.98. The third-order valence-electron chi connectivity index (χ3n) is 1.45. The van der Waals surface area contributed by atoms with Crippen LogP contribution in [0.1, 0.15) is 24.3 Å². The largest absolute Gasteiger partial charge is 0.503 e. The topological polar surface area (TPSA) is 79.7 Å². The molecule has 0 amide bonds. The molecule has 0 fully saturated rings. The van der Waals surface area contributed by atoms with Gasteiger partial charge >= 0.3 is 5.97 Å². The number of aromatic nitrogens is 1. The minimum Gasteiger partial charge on any atom is -0.503 e. The summed E-state index contributed by atoms with van der Waals surface area (Å²) in [6.07, 6.45) is 1.14. The van der Waals surface area contributed by atoms with E-state index in [2.05, 4.69) is 4.98 Å². The number of carbonyl (C=O) groups is 1. The van der Waals surface area contributed by atoms with Gasteiger partial charge in [0.1, 0.15) is 0 Å². The number of nitrogens with zero attached hydrogens (tertiary/aromatic N) is 1. The van der Waals surface area contributed by atoms with Crippen molar-refractivity contribution in [2.45, 2.75) is 20.0 Å². The highest BCUT2D eigenvalue weighted by atomic mass is 16.5. The lowest BCUT2D eigenvalue weighted by Gasteiger charge is -2.11. The van der Waals surface area contributed by atoms with Gasteiger partial charge in [-0.05, 0) is 13.8 Å². The Morgan fingerprint density at radius 3 is 2.71 bits per heavy atom. The third-order valence-corrected chi connectivity index (χ3v) is 1.45. The molecule has 14 heavy (non-hydrogen) atoms. The standard InChI is InChI=1S/C9H11NO4/c1-5(2)14-6-3-4-10-7(8(6)11)9(12)13/h3-5,11H,1-2H3,(H,12,13). The van der Waals surface area contributed by atoms with Gasteiger partial charge in [-0.15, -0.1) is 0 Å². The van der Waals surface area contributed by atoms with Crippen LogP contribution < -0.4 is 4.74 Å². The molecule has 5 heteroatoms. The molecule has 0 saturated carbocycles. The Kier molecular flexibility index (Phi) is 2.91.